The maximum atomic E-state index is 13.2. The molecule has 0 saturated carbocycles. The van der Waals surface area contributed by atoms with E-state index in [1.165, 1.54) is 6.07 Å². The number of aryl methyl sites for hydroxylation is 1. The number of halogens is 1. The molecule has 0 radical (unpaired) electrons. The van der Waals surface area contributed by atoms with Crippen LogP contribution in [0.5, 0.6) is 5.75 Å². The van der Waals surface area contributed by atoms with E-state index in [0.717, 1.165) is 12.0 Å². The van der Waals surface area contributed by atoms with E-state index in [-0.39, 0.29) is 18.8 Å². The van der Waals surface area contributed by atoms with E-state index in [4.69, 9.17) is 9.84 Å². The van der Waals surface area contributed by atoms with E-state index in [1.54, 1.807) is 12.1 Å². The zero-order valence-corrected chi connectivity index (χ0v) is 8.50. The number of carboxylic acid groups (broad SMARTS) is 1. The molecule has 4 heteroatoms. The summed E-state index contributed by atoms with van der Waals surface area (Å²) >= 11 is 0. The third-order valence-electron chi connectivity index (χ3n) is 1.98. The molecule has 1 aromatic rings. The van der Waals surface area contributed by atoms with Crippen LogP contribution in [0.2, 0.25) is 0 Å². The molecule has 0 bridgehead atoms. The van der Waals surface area contributed by atoms with Crippen molar-refractivity contribution in [1.82, 2.24) is 0 Å². The summed E-state index contributed by atoms with van der Waals surface area (Å²) in [5.41, 5.74) is 0.960. The van der Waals surface area contributed by atoms with Gasteiger partial charge in [0.1, 0.15) is 0 Å². The number of ether oxygens (including phenoxy) is 1. The van der Waals surface area contributed by atoms with Gasteiger partial charge in [-0.25, -0.2) is 4.39 Å². The zero-order valence-electron chi connectivity index (χ0n) is 8.50. The number of carboxylic acids is 1. The van der Waals surface area contributed by atoms with Gasteiger partial charge in [0.15, 0.2) is 11.6 Å². The zero-order chi connectivity index (χ0) is 11.3. The van der Waals surface area contributed by atoms with Crippen LogP contribution in [0.25, 0.3) is 0 Å². The Hall–Kier alpha value is -1.58. The van der Waals surface area contributed by atoms with Gasteiger partial charge in [-0.3, -0.25) is 4.79 Å². The van der Waals surface area contributed by atoms with Crippen molar-refractivity contribution in [3.63, 3.8) is 0 Å². The molecule has 82 valence electrons. The van der Waals surface area contributed by atoms with Crippen LogP contribution in [0.1, 0.15) is 18.9 Å². The van der Waals surface area contributed by atoms with Crippen molar-refractivity contribution < 1.29 is 19.0 Å². The Morgan fingerprint density at radius 3 is 2.87 bits per heavy atom. The number of rotatable bonds is 5. The normalized spacial score (nSPS) is 10.0. The highest BCUT2D eigenvalue weighted by Gasteiger charge is 2.05. The topological polar surface area (TPSA) is 46.5 Å². The van der Waals surface area contributed by atoms with Crippen molar-refractivity contribution >= 4 is 5.97 Å². The predicted octanol–water partition coefficient (Wildman–Crippen LogP) is 2.24. The second kappa shape index (κ2) is 5.34. The van der Waals surface area contributed by atoms with Crippen LogP contribution in [0.15, 0.2) is 18.2 Å². The maximum absolute atomic E-state index is 13.2. The Morgan fingerprint density at radius 1 is 1.53 bits per heavy atom. The SMILES string of the molecule is CCc1ccc(F)c(OCCC(=O)O)c1. The lowest BCUT2D eigenvalue weighted by Gasteiger charge is -2.07. The van der Waals surface area contributed by atoms with E-state index in [9.17, 15) is 9.18 Å². The van der Waals surface area contributed by atoms with E-state index in [1.807, 2.05) is 6.92 Å². The van der Waals surface area contributed by atoms with Crippen molar-refractivity contribution in [3.8, 4) is 5.75 Å². The lowest BCUT2D eigenvalue weighted by Crippen LogP contribution is -2.05. The molecule has 1 N–H and O–H groups in total. The van der Waals surface area contributed by atoms with Crippen LogP contribution in [0, 0.1) is 5.82 Å². The Balaban J connectivity index is 2.62. The molecule has 1 aromatic carbocycles. The van der Waals surface area contributed by atoms with Crippen LogP contribution in [-0.2, 0) is 11.2 Å². The third-order valence-corrected chi connectivity index (χ3v) is 1.98. The van der Waals surface area contributed by atoms with Gasteiger partial charge in [-0.05, 0) is 24.1 Å². The van der Waals surface area contributed by atoms with Gasteiger partial charge in [0.2, 0.25) is 0 Å². The predicted molar refractivity (Wildman–Crippen MR) is 53.5 cm³/mol. The van der Waals surface area contributed by atoms with Crippen LogP contribution >= 0.6 is 0 Å². The minimum atomic E-state index is -0.956. The first-order chi connectivity index (χ1) is 7.13. The molecule has 15 heavy (non-hydrogen) atoms. The molecule has 0 atom stereocenters. The molecular weight excluding hydrogens is 199 g/mol. The maximum Gasteiger partial charge on any atom is 0.306 e. The van der Waals surface area contributed by atoms with Gasteiger partial charge in [0, 0.05) is 0 Å². The lowest BCUT2D eigenvalue weighted by molar-refractivity contribution is -0.137. The third kappa shape index (κ3) is 3.58. The minimum absolute atomic E-state index is 0.0145. The average molecular weight is 212 g/mol. The summed E-state index contributed by atoms with van der Waals surface area (Å²) in [5.74, 6) is -1.30. The number of hydrogen-bond acceptors (Lipinski definition) is 2. The summed E-state index contributed by atoms with van der Waals surface area (Å²) in [6, 6.07) is 4.60. The Morgan fingerprint density at radius 2 is 2.27 bits per heavy atom. The van der Waals surface area contributed by atoms with Crippen molar-refractivity contribution in [1.29, 1.82) is 0 Å². The molecule has 1 rings (SSSR count). The van der Waals surface area contributed by atoms with Crippen molar-refractivity contribution in [2.45, 2.75) is 19.8 Å². The van der Waals surface area contributed by atoms with Crippen LogP contribution in [-0.4, -0.2) is 17.7 Å². The lowest BCUT2D eigenvalue weighted by atomic mass is 10.1. The average Bonchev–Trinajstić information content (AvgIpc) is 2.20. The summed E-state index contributed by atoms with van der Waals surface area (Å²) in [6.45, 7) is 1.94. The van der Waals surface area contributed by atoms with Crippen LogP contribution in [0.4, 0.5) is 4.39 Å². The number of aliphatic carboxylic acids is 1. The molecule has 0 saturated heterocycles. The molecular formula is C11H13FO3. The monoisotopic (exact) mass is 212 g/mol. The summed E-state index contributed by atoms with van der Waals surface area (Å²) in [4.78, 5) is 10.2. The van der Waals surface area contributed by atoms with Crippen molar-refractivity contribution in [2.75, 3.05) is 6.61 Å². The van der Waals surface area contributed by atoms with E-state index in [0.29, 0.717) is 0 Å². The largest absolute Gasteiger partial charge is 0.490 e. The molecule has 0 spiro atoms. The van der Waals surface area contributed by atoms with E-state index < -0.39 is 11.8 Å². The fraction of sp³-hybridized carbons (Fsp3) is 0.364. The Labute approximate surface area is 87.5 Å². The molecule has 0 heterocycles. The minimum Gasteiger partial charge on any atom is -0.490 e. The highest BCUT2D eigenvalue weighted by atomic mass is 19.1. The van der Waals surface area contributed by atoms with Gasteiger partial charge < -0.3 is 9.84 Å². The second-order valence-corrected chi connectivity index (χ2v) is 3.11. The smallest absolute Gasteiger partial charge is 0.306 e. The first-order valence-corrected chi connectivity index (χ1v) is 4.76. The number of hydrogen-bond donors (Lipinski definition) is 1. The van der Waals surface area contributed by atoms with Gasteiger partial charge in [0.05, 0.1) is 13.0 Å². The molecule has 0 unspecified atom stereocenters. The van der Waals surface area contributed by atoms with E-state index in [2.05, 4.69) is 0 Å². The van der Waals surface area contributed by atoms with Crippen molar-refractivity contribution in [3.05, 3.63) is 29.6 Å². The highest BCUT2D eigenvalue weighted by molar-refractivity contribution is 5.66. The summed E-state index contributed by atoms with van der Waals surface area (Å²) < 4.78 is 18.2. The van der Waals surface area contributed by atoms with Crippen LogP contribution in [0.3, 0.4) is 0 Å². The van der Waals surface area contributed by atoms with E-state index >= 15 is 0 Å². The fourth-order valence-corrected chi connectivity index (χ4v) is 1.13. The molecule has 0 amide bonds. The van der Waals surface area contributed by atoms with Crippen LogP contribution < -0.4 is 4.74 Å². The second-order valence-electron chi connectivity index (χ2n) is 3.11. The number of benzene rings is 1. The molecule has 3 nitrogen and oxygen atoms in total. The van der Waals surface area contributed by atoms with Gasteiger partial charge in [-0.2, -0.15) is 0 Å². The standard InChI is InChI=1S/C11H13FO3/c1-2-8-3-4-9(12)10(7-8)15-6-5-11(13)14/h3-4,7H,2,5-6H2,1H3,(H,13,14). The fourth-order valence-electron chi connectivity index (χ4n) is 1.13. The first-order valence-electron chi connectivity index (χ1n) is 4.76. The molecule has 0 fully saturated rings. The highest BCUT2D eigenvalue weighted by Crippen LogP contribution is 2.19. The quantitative estimate of drug-likeness (QED) is 0.814. The first kappa shape index (κ1) is 11.5. The van der Waals surface area contributed by atoms with Gasteiger partial charge >= 0.3 is 5.97 Å². The molecule has 0 aliphatic heterocycles. The van der Waals surface area contributed by atoms with Gasteiger partial charge in [-0.1, -0.05) is 13.0 Å². The summed E-state index contributed by atoms with van der Waals surface area (Å²) in [7, 11) is 0. The Bertz CT molecular complexity index is 350. The summed E-state index contributed by atoms with van der Waals surface area (Å²) in [6.07, 6.45) is 0.658. The van der Waals surface area contributed by atoms with Crippen molar-refractivity contribution in [2.24, 2.45) is 0 Å². The Kier molecular flexibility index (Phi) is 4.09. The number of carbonyl (C=O) groups is 1. The summed E-state index contributed by atoms with van der Waals surface area (Å²) in [5, 5.41) is 8.39. The molecule has 0 aliphatic carbocycles. The van der Waals surface area contributed by atoms with Gasteiger partial charge in [-0.15, -0.1) is 0 Å². The molecule has 0 aromatic heterocycles. The van der Waals surface area contributed by atoms with Gasteiger partial charge in [0.25, 0.3) is 0 Å². The molecule has 0 aliphatic rings.